The number of alkyl halides is 3. The quantitative estimate of drug-likeness (QED) is 0.614. The van der Waals surface area contributed by atoms with Gasteiger partial charge >= 0.3 is 6.18 Å². The van der Waals surface area contributed by atoms with Crippen LogP contribution in [0.25, 0.3) is 16.6 Å². The predicted molar refractivity (Wildman–Crippen MR) is 117 cm³/mol. The Morgan fingerprint density at radius 2 is 1.91 bits per heavy atom. The Morgan fingerprint density at radius 3 is 2.58 bits per heavy atom. The van der Waals surface area contributed by atoms with Crippen molar-refractivity contribution >= 4 is 28.2 Å². The molecule has 5 rings (SSSR count). The van der Waals surface area contributed by atoms with Gasteiger partial charge in [0.05, 0.1) is 47.5 Å². The summed E-state index contributed by atoms with van der Waals surface area (Å²) in [6.07, 6.45) is -0.821. The highest BCUT2D eigenvalue weighted by Gasteiger charge is 2.38. The number of nitrogens with zero attached hydrogens (tertiary/aromatic N) is 6. The molecule has 1 N–H and O–H groups in total. The van der Waals surface area contributed by atoms with Gasteiger partial charge in [0.25, 0.3) is 0 Å². The molecule has 3 aromatic rings. The molecule has 3 atom stereocenters. The molecule has 2 saturated heterocycles. The van der Waals surface area contributed by atoms with Crippen LogP contribution in [-0.2, 0) is 11.3 Å². The summed E-state index contributed by atoms with van der Waals surface area (Å²) in [5.41, 5.74) is 2.00. The molecule has 8 nitrogen and oxygen atoms in total. The van der Waals surface area contributed by atoms with Crippen LogP contribution in [0.2, 0.25) is 5.02 Å². The van der Waals surface area contributed by atoms with Crippen LogP contribution >= 0.6 is 11.6 Å². The zero-order valence-electron chi connectivity index (χ0n) is 17.9. The third-order valence-electron chi connectivity index (χ3n) is 6.26. The molecule has 1 aromatic carbocycles. The molecule has 0 amide bonds. The Balaban J connectivity index is 1.36. The van der Waals surface area contributed by atoms with Crippen molar-refractivity contribution < 1.29 is 23.0 Å². The number of anilines is 1. The highest BCUT2D eigenvalue weighted by molar-refractivity contribution is 6.34. The number of rotatable bonds is 4. The van der Waals surface area contributed by atoms with Gasteiger partial charge in [-0.25, -0.2) is 4.68 Å². The normalized spacial score (nSPS) is 24.8. The van der Waals surface area contributed by atoms with Crippen LogP contribution in [0, 0.1) is 5.92 Å². The lowest BCUT2D eigenvalue weighted by Crippen LogP contribution is -2.53. The van der Waals surface area contributed by atoms with Gasteiger partial charge in [0.1, 0.15) is 18.5 Å². The number of piperazine rings is 1. The van der Waals surface area contributed by atoms with Crippen LogP contribution in [0.15, 0.2) is 30.7 Å². The first kappa shape index (κ1) is 22.5. The Kier molecular flexibility index (Phi) is 5.76. The number of halogens is 4. The van der Waals surface area contributed by atoms with Gasteiger partial charge in [-0.15, -0.1) is 0 Å². The molecule has 0 saturated carbocycles. The van der Waals surface area contributed by atoms with E-state index in [2.05, 4.69) is 20.0 Å². The van der Waals surface area contributed by atoms with Gasteiger partial charge < -0.3 is 14.7 Å². The van der Waals surface area contributed by atoms with Crippen molar-refractivity contribution in [1.82, 2.24) is 24.5 Å². The Bertz CT molecular complexity index is 1140. The number of aliphatic hydroxyl groups is 1. The summed E-state index contributed by atoms with van der Waals surface area (Å²) in [5.74, 6) is 0.116. The van der Waals surface area contributed by atoms with Crippen molar-refractivity contribution in [1.29, 1.82) is 0 Å². The standard InChI is InChI=1S/C21H24ClF3N6O2/c1-13-11-33-20(19(13)32)29-4-2-28(3-5-29)18-7-17-14(6-16(18)22)8-27-31(17)15-9-26-30(10-15)12-21(23,24)25/h6-10,13,19-20,32H,2-5,11-12H2,1H3. The molecule has 4 heterocycles. The van der Waals surface area contributed by atoms with Crippen LogP contribution < -0.4 is 4.90 Å². The van der Waals surface area contributed by atoms with Crippen molar-refractivity contribution in [3.63, 3.8) is 0 Å². The van der Waals surface area contributed by atoms with E-state index in [1.165, 1.54) is 12.4 Å². The molecule has 33 heavy (non-hydrogen) atoms. The summed E-state index contributed by atoms with van der Waals surface area (Å²) in [5, 5.41) is 19.9. The van der Waals surface area contributed by atoms with E-state index in [9.17, 15) is 18.3 Å². The number of hydrogen-bond acceptors (Lipinski definition) is 6. The van der Waals surface area contributed by atoms with Gasteiger partial charge in [0.2, 0.25) is 0 Å². The van der Waals surface area contributed by atoms with Crippen LogP contribution in [0.5, 0.6) is 0 Å². The molecule has 0 radical (unpaired) electrons. The number of hydrogen-bond donors (Lipinski definition) is 1. The van der Waals surface area contributed by atoms with E-state index in [0.717, 1.165) is 21.3 Å². The highest BCUT2D eigenvalue weighted by Crippen LogP contribution is 2.33. The largest absolute Gasteiger partial charge is 0.408 e. The maximum Gasteiger partial charge on any atom is 0.408 e. The summed E-state index contributed by atoms with van der Waals surface area (Å²) in [6, 6.07) is 3.72. The maximum atomic E-state index is 12.7. The lowest BCUT2D eigenvalue weighted by molar-refractivity contribution is -0.142. The van der Waals surface area contributed by atoms with Crippen molar-refractivity contribution in [3.8, 4) is 5.69 Å². The zero-order chi connectivity index (χ0) is 23.3. The molecule has 0 aliphatic carbocycles. The molecule has 2 fully saturated rings. The minimum absolute atomic E-state index is 0.116. The SMILES string of the molecule is CC1COC(N2CCN(c3cc4c(cnn4-c4cnn(CC(F)(F)F)c4)cc3Cl)CC2)C1O. The van der Waals surface area contributed by atoms with Gasteiger partial charge in [0, 0.05) is 37.5 Å². The highest BCUT2D eigenvalue weighted by atomic mass is 35.5. The summed E-state index contributed by atoms with van der Waals surface area (Å²) >= 11 is 6.58. The van der Waals surface area contributed by atoms with E-state index in [1.54, 1.807) is 10.9 Å². The molecule has 178 valence electrons. The summed E-state index contributed by atoms with van der Waals surface area (Å²) < 4.78 is 46.2. The van der Waals surface area contributed by atoms with E-state index in [1.807, 2.05) is 19.1 Å². The molecular weight excluding hydrogens is 461 g/mol. The van der Waals surface area contributed by atoms with Crippen LogP contribution in [0.3, 0.4) is 0 Å². The molecule has 2 aliphatic rings. The summed E-state index contributed by atoms with van der Waals surface area (Å²) in [4.78, 5) is 4.31. The fraction of sp³-hybridized carbons (Fsp3) is 0.524. The van der Waals surface area contributed by atoms with Crippen molar-refractivity contribution in [3.05, 3.63) is 35.7 Å². The van der Waals surface area contributed by atoms with Crippen molar-refractivity contribution in [2.45, 2.75) is 32.0 Å². The number of aliphatic hydroxyl groups excluding tert-OH is 1. The number of ether oxygens (including phenoxy) is 1. The Labute approximate surface area is 193 Å². The fourth-order valence-corrected chi connectivity index (χ4v) is 4.77. The van der Waals surface area contributed by atoms with Crippen LogP contribution in [0.4, 0.5) is 18.9 Å². The van der Waals surface area contributed by atoms with Crippen LogP contribution in [-0.4, -0.2) is 80.9 Å². The third kappa shape index (κ3) is 4.42. The number of fused-ring (bicyclic) bond motifs is 1. The maximum absolute atomic E-state index is 12.7. The van der Waals surface area contributed by atoms with Gasteiger partial charge in [-0.3, -0.25) is 9.58 Å². The van der Waals surface area contributed by atoms with E-state index in [4.69, 9.17) is 16.3 Å². The first-order valence-corrected chi connectivity index (χ1v) is 11.1. The second-order valence-electron chi connectivity index (χ2n) is 8.64. The van der Waals surface area contributed by atoms with Gasteiger partial charge in [-0.2, -0.15) is 23.4 Å². The summed E-state index contributed by atoms with van der Waals surface area (Å²) in [6.45, 7) is 4.20. The first-order valence-electron chi connectivity index (χ1n) is 10.7. The smallest absolute Gasteiger partial charge is 0.389 e. The lowest BCUT2D eigenvalue weighted by Gasteiger charge is -2.39. The van der Waals surface area contributed by atoms with Crippen molar-refractivity contribution in [2.75, 3.05) is 37.7 Å². The third-order valence-corrected chi connectivity index (χ3v) is 6.56. The van der Waals surface area contributed by atoms with E-state index in [-0.39, 0.29) is 12.1 Å². The Morgan fingerprint density at radius 1 is 1.15 bits per heavy atom. The first-order chi connectivity index (χ1) is 15.7. The molecule has 2 aliphatic heterocycles. The topological polar surface area (TPSA) is 71.6 Å². The van der Waals surface area contributed by atoms with E-state index >= 15 is 0 Å². The second kappa shape index (κ2) is 8.46. The molecule has 3 unspecified atom stereocenters. The Hall–Kier alpha value is -2.34. The lowest BCUT2D eigenvalue weighted by atomic mass is 10.1. The average Bonchev–Trinajstić information content (AvgIpc) is 3.46. The van der Waals surface area contributed by atoms with Crippen LogP contribution in [0.1, 0.15) is 6.92 Å². The van der Waals surface area contributed by atoms with Crippen molar-refractivity contribution in [2.24, 2.45) is 5.92 Å². The average molecular weight is 485 g/mol. The van der Waals surface area contributed by atoms with Gasteiger partial charge in [0.15, 0.2) is 0 Å². The predicted octanol–water partition coefficient (Wildman–Crippen LogP) is 2.91. The molecular formula is C21H24ClF3N6O2. The molecule has 0 spiro atoms. The van der Waals surface area contributed by atoms with Gasteiger partial charge in [-0.05, 0) is 12.1 Å². The summed E-state index contributed by atoms with van der Waals surface area (Å²) in [7, 11) is 0. The molecule has 2 aromatic heterocycles. The molecule has 0 bridgehead atoms. The molecule has 12 heteroatoms. The minimum Gasteiger partial charge on any atom is -0.389 e. The van der Waals surface area contributed by atoms with E-state index in [0.29, 0.717) is 43.5 Å². The second-order valence-corrected chi connectivity index (χ2v) is 9.05. The fourth-order valence-electron chi connectivity index (χ4n) is 4.48. The van der Waals surface area contributed by atoms with Gasteiger partial charge in [-0.1, -0.05) is 18.5 Å². The minimum atomic E-state index is -4.35. The monoisotopic (exact) mass is 484 g/mol. The number of aromatic nitrogens is 4. The van der Waals surface area contributed by atoms with E-state index < -0.39 is 18.8 Å². The zero-order valence-corrected chi connectivity index (χ0v) is 18.7. The number of benzene rings is 1.